The van der Waals surface area contributed by atoms with Crippen molar-refractivity contribution in [2.75, 3.05) is 13.6 Å². The van der Waals surface area contributed by atoms with Gasteiger partial charge in [-0.15, -0.1) is 0 Å². The van der Waals surface area contributed by atoms with E-state index in [4.69, 9.17) is 0 Å². The van der Waals surface area contributed by atoms with Gasteiger partial charge in [0.05, 0.1) is 5.52 Å². The number of hydrogen-bond acceptors (Lipinski definition) is 2. The average Bonchev–Trinajstić information content (AvgIpc) is 2.45. The molecule has 0 aliphatic heterocycles. The van der Waals surface area contributed by atoms with Crippen LogP contribution in [0.25, 0.3) is 10.9 Å². The van der Waals surface area contributed by atoms with Crippen LogP contribution in [0.15, 0.2) is 36.5 Å². The fourth-order valence-corrected chi connectivity index (χ4v) is 2.49. The summed E-state index contributed by atoms with van der Waals surface area (Å²) in [5.41, 5.74) is 2.70. The molecule has 0 fully saturated rings. The number of nitrogens with zero attached hydrogens (tertiary/aromatic N) is 2. The maximum atomic E-state index is 4.57. The first-order valence-electron chi connectivity index (χ1n) is 7.94. The summed E-state index contributed by atoms with van der Waals surface area (Å²) >= 11 is 0. The van der Waals surface area contributed by atoms with Crippen LogP contribution in [0.4, 0.5) is 0 Å². The van der Waals surface area contributed by atoms with Crippen molar-refractivity contribution < 1.29 is 0 Å². The van der Waals surface area contributed by atoms with Gasteiger partial charge in [-0.05, 0) is 70.8 Å². The van der Waals surface area contributed by atoms with Gasteiger partial charge in [0.1, 0.15) is 0 Å². The molecule has 1 aromatic heterocycles. The summed E-state index contributed by atoms with van der Waals surface area (Å²) in [6.07, 6.45) is 4.47. The molecule has 0 aliphatic carbocycles. The topological polar surface area (TPSA) is 16.1 Å². The Morgan fingerprint density at radius 2 is 1.90 bits per heavy atom. The molecular weight excluding hydrogens is 256 g/mol. The van der Waals surface area contributed by atoms with E-state index in [1.165, 1.54) is 23.8 Å². The minimum Gasteiger partial charge on any atom is -0.302 e. The zero-order valence-electron chi connectivity index (χ0n) is 14.1. The molecule has 2 nitrogen and oxygen atoms in total. The lowest BCUT2D eigenvalue weighted by Crippen LogP contribution is -2.38. The molecule has 21 heavy (non-hydrogen) atoms. The third kappa shape index (κ3) is 4.28. The Kier molecular flexibility index (Phi) is 5.00. The second kappa shape index (κ2) is 6.57. The highest BCUT2D eigenvalue weighted by Crippen LogP contribution is 2.24. The van der Waals surface area contributed by atoms with Crippen LogP contribution in [0.1, 0.15) is 52.0 Å². The Bertz CT molecular complexity index is 583. The van der Waals surface area contributed by atoms with Gasteiger partial charge in [0.25, 0.3) is 0 Å². The summed E-state index contributed by atoms with van der Waals surface area (Å²) in [5.74, 6) is 0.565. The second-order valence-corrected chi connectivity index (χ2v) is 7.10. The Morgan fingerprint density at radius 3 is 2.62 bits per heavy atom. The first-order chi connectivity index (χ1) is 9.88. The number of fused-ring (bicyclic) bond motifs is 1. The van der Waals surface area contributed by atoms with E-state index in [2.05, 4.69) is 68.9 Å². The van der Waals surface area contributed by atoms with Gasteiger partial charge in [0.15, 0.2) is 0 Å². The van der Waals surface area contributed by atoms with Gasteiger partial charge in [-0.25, -0.2) is 0 Å². The van der Waals surface area contributed by atoms with Crippen molar-refractivity contribution in [1.29, 1.82) is 0 Å². The lowest BCUT2D eigenvalue weighted by Gasteiger charge is -2.32. The highest BCUT2D eigenvalue weighted by atomic mass is 15.1. The standard InChI is InChI=1S/C19H28N2/c1-15(9-8-12-21(5)19(2,3)4)17-13-16-10-6-7-11-18(16)20-14-17/h6-7,10-11,13-15H,8-9,12H2,1-5H3. The first-order valence-corrected chi connectivity index (χ1v) is 7.94. The molecule has 1 atom stereocenters. The molecular formula is C19H28N2. The molecule has 1 heterocycles. The van der Waals surface area contributed by atoms with Crippen molar-refractivity contribution in [3.05, 3.63) is 42.1 Å². The minimum absolute atomic E-state index is 0.258. The van der Waals surface area contributed by atoms with Crippen molar-refractivity contribution in [3.63, 3.8) is 0 Å². The van der Waals surface area contributed by atoms with E-state index in [0.717, 1.165) is 12.1 Å². The Morgan fingerprint density at radius 1 is 1.19 bits per heavy atom. The van der Waals surface area contributed by atoms with Gasteiger partial charge in [-0.2, -0.15) is 0 Å². The van der Waals surface area contributed by atoms with E-state index in [9.17, 15) is 0 Å². The zero-order valence-corrected chi connectivity index (χ0v) is 14.1. The van der Waals surface area contributed by atoms with E-state index >= 15 is 0 Å². The zero-order chi connectivity index (χ0) is 15.5. The van der Waals surface area contributed by atoms with Gasteiger partial charge in [0.2, 0.25) is 0 Å². The number of para-hydroxylation sites is 1. The van der Waals surface area contributed by atoms with Crippen molar-refractivity contribution in [2.24, 2.45) is 0 Å². The summed E-state index contributed by atoms with van der Waals surface area (Å²) in [6, 6.07) is 10.6. The normalized spacial score (nSPS) is 13.8. The molecule has 0 spiro atoms. The average molecular weight is 284 g/mol. The number of aromatic nitrogens is 1. The third-order valence-electron chi connectivity index (χ3n) is 4.46. The van der Waals surface area contributed by atoms with Crippen LogP contribution in [0.2, 0.25) is 0 Å². The van der Waals surface area contributed by atoms with E-state index in [1.807, 2.05) is 12.3 Å². The van der Waals surface area contributed by atoms with Crippen molar-refractivity contribution in [3.8, 4) is 0 Å². The minimum atomic E-state index is 0.258. The van der Waals surface area contributed by atoms with E-state index in [0.29, 0.717) is 5.92 Å². The predicted molar refractivity (Wildman–Crippen MR) is 91.8 cm³/mol. The third-order valence-corrected chi connectivity index (χ3v) is 4.46. The SMILES string of the molecule is CC(CCCN(C)C(C)(C)C)c1cnc2ccccc2c1. The van der Waals surface area contributed by atoms with Crippen LogP contribution in [0.5, 0.6) is 0 Å². The van der Waals surface area contributed by atoms with Gasteiger partial charge in [0, 0.05) is 17.1 Å². The Labute approximate surface area is 129 Å². The molecule has 1 unspecified atom stereocenters. The lowest BCUT2D eigenvalue weighted by atomic mass is 9.96. The quantitative estimate of drug-likeness (QED) is 0.780. The van der Waals surface area contributed by atoms with Gasteiger partial charge in [-0.1, -0.05) is 25.1 Å². The summed E-state index contributed by atoms with van der Waals surface area (Å²) in [5, 5.41) is 1.24. The van der Waals surface area contributed by atoms with Gasteiger partial charge in [-0.3, -0.25) is 4.98 Å². The first kappa shape index (κ1) is 16.0. The van der Waals surface area contributed by atoms with Crippen LogP contribution in [0.3, 0.4) is 0 Å². The maximum Gasteiger partial charge on any atom is 0.0702 e. The Hall–Kier alpha value is -1.41. The highest BCUT2D eigenvalue weighted by molar-refractivity contribution is 5.78. The lowest BCUT2D eigenvalue weighted by molar-refractivity contribution is 0.172. The number of benzene rings is 1. The van der Waals surface area contributed by atoms with Crippen LogP contribution < -0.4 is 0 Å². The van der Waals surface area contributed by atoms with E-state index in [-0.39, 0.29) is 5.54 Å². The van der Waals surface area contributed by atoms with Crippen LogP contribution in [0, 0.1) is 0 Å². The second-order valence-electron chi connectivity index (χ2n) is 7.10. The molecule has 114 valence electrons. The molecule has 0 aliphatic rings. The largest absolute Gasteiger partial charge is 0.302 e. The van der Waals surface area contributed by atoms with Crippen LogP contribution >= 0.6 is 0 Å². The maximum absolute atomic E-state index is 4.57. The smallest absolute Gasteiger partial charge is 0.0702 e. The van der Waals surface area contributed by atoms with Crippen molar-refractivity contribution >= 4 is 10.9 Å². The molecule has 0 radical (unpaired) electrons. The summed E-state index contributed by atoms with van der Waals surface area (Å²) in [6.45, 7) is 10.3. The number of rotatable bonds is 5. The monoisotopic (exact) mass is 284 g/mol. The highest BCUT2D eigenvalue weighted by Gasteiger charge is 2.16. The fraction of sp³-hybridized carbons (Fsp3) is 0.526. The molecule has 0 saturated heterocycles. The van der Waals surface area contributed by atoms with E-state index < -0.39 is 0 Å². The molecule has 0 bridgehead atoms. The molecule has 2 rings (SSSR count). The Balaban J connectivity index is 1.94. The molecule has 0 saturated carbocycles. The summed E-state index contributed by atoms with van der Waals surface area (Å²) in [7, 11) is 2.21. The van der Waals surface area contributed by atoms with Gasteiger partial charge >= 0.3 is 0 Å². The molecule has 2 aromatic rings. The van der Waals surface area contributed by atoms with Crippen LogP contribution in [-0.2, 0) is 0 Å². The number of pyridine rings is 1. The molecule has 2 heteroatoms. The molecule has 0 N–H and O–H groups in total. The number of hydrogen-bond donors (Lipinski definition) is 0. The summed E-state index contributed by atoms with van der Waals surface area (Å²) < 4.78 is 0. The van der Waals surface area contributed by atoms with Gasteiger partial charge < -0.3 is 4.90 Å². The van der Waals surface area contributed by atoms with Crippen LogP contribution in [-0.4, -0.2) is 29.0 Å². The van der Waals surface area contributed by atoms with Crippen molar-refractivity contribution in [1.82, 2.24) is 9.88 Å². The molecule has 0 amide bonds. The predicted octanol–water partition coefficient (Wildman–Crippen LogP) is 4.85. The summed E-state index contributed by atoms with van der Waals surface area (Å²) in [4.78, 5) is 7.00. The van der Waals surface area contributed by atoms with E-state index in [1.54, 1.807) is 0 Å². The fourth-order valence-electron chi connectivity index (χ4n) is 2.49. The molecule has 1 aromatic carbocycles. The van der Waals surface area contributed by atoms with Crippen molar-refractivity contribution in [2.45, 2.75) is 52.0 Å².